The van der Waals surface area contributed by atoms with Crippen LogP contribution in [-0.4, -0.2) is 22.4 Å². The number of ether oxygens (including phenoxy) is 1. The van der Waals surface area contributed by atoms with Gasteiger partial charge in [0.2, 0.25) is 0 Å². The Bertz CT molecular complexity index is 593. The van der Waals surface area contributed by atoms with E-state index in [1.54, 1.807) is 23.9 Å². The zero-order valence-corrected chi connectivity index (χ0v) is 11.0. The molecule has 2 aromatic carbocycles. The maximum Gasteiger partial charge on any atom is 0.335 e. The number of aromatic hydroxyl groups is 1. The fourth-order valence-electron chi connectivity index (χ4n) is 1.55. The van der Waals surface area contributed by atoms with E-state index in [1.165, 1.54) is 18.2 Å². The molecule has 4 nitrogen and oxygen atoms in total. The average Bonchev–Trinajstić information content (AvgIpc) is 2.39. The lowest BCUT2D eigenvalue weighted by atomic mass is 10.2. The fraction of sp³-hybridized carbons (Fsp3) is 0.0714. The Labute approximate surface area is 114 Å². The molecule has 0 aliphatic rings. The molecule has 2 rings (SSSR count). The maximum atomic E-state index is 10.9. The summed E-state index contributed by atoms with van der Waals surface area (Å²) in [7, 11) is 0. The molecule has 0 bridgehead atoms. The predicted octanol–water partition coefficient (Wildman–Crippen LogP) is 3.60. The lowest BCUT2D eigenvalue weighted by Gasteiger charge is -2.07. The summed E-state index contributed by atoms with van der Waals surface area (Å²) < 4.78 is 5.52. The molecule has 19 heavy (non-hydrogen) atoms. The third-order valence-electron chi connectivity index (χ3n) is 2.43. The molecule has 0 saturated carbocycles. The molecule has 0 aliphatic carbocycles. The molecular weight excluding hydrogens is 264 g/mol. The molecule has 0 saturated heterocycles. The van der Waals surface area contributed by atoms with Gasteiger partial charge < -0.3 is 14.9 Å². The number of phenols is 1. The second-order valence-electron chi connectivity index (χ2n) is 3.80. The number of benzene rings is 2. The highest BCUT2D eigenvalue weighted by Crippen LogP contribution is 2.28. The molecular formula is C14H12O4S. The minimum atomic E-state index is -1.11. The second-order valence-corrected chi connectivity index (χ2v) is 4.68. The van der Waals surface area contributed by atoms with Crippen LogP contribution in [0.4, 0.5) is 0 Å². The molecule has 0 heterocycles. The number of hydrogen-bond acceptors (Lipinski definition) is 4. The molecule has 0 spiro atoms. The van der Waals surface area contributed by atoms with Crippen molar-refractivity contribution in [2.75, 3.05) is 6.26 Å². The first kappa shape index (κ1) is 13.3. The van der Waals surface area contributed by atoms with Crippen molar-refractivity contribution in [2.45, 2.75) is 4.90 Å². The van der Waals surface area contributed by atoms with Crippen molar-refractivity contribution in [1.29, 1.82) is 0 Å². The number of carboxylic acid groups (broad SMARTS) is 1. The molecule has 0 fully saturated rings. The Morgan fingerprint density at radius 3 is 2.37 bits per heavy atom. The Hall–Kier alpha value is -2.14. The first-order valence-electron chi connectivity index (χ1n) is 5.48. The number of aromatic carboxylic acids is 1. The van der Waals surface area contributed by atoms with Gasteiger partial charge in [0.25, 0.3) is 0 Å². The largest absolute Gasteiger partial charge is 0.508 e. The van der Waals surface area contributed by atoms with Gasteiger partial charge in [-0.2, -0.15) is 0 Å². The van der Waals surface area contributed by atoms with E-state index in [-0.39, 0.29) is 17.1 Å². The van der Waals surface area contributed by atoms with Crippen LogP contribution < -0.4 is 4.74 Å². The van der Waals surface area contributed by atoms with Crippen LogP contribution in [0.5, 0.6) is 17.2 Å². The van der Waals surface area contributed by atoms with Gasteiger partial charge in [0, 0.05) is 11.0 Å². The number of thioether (sulfide) groups is 1. The Morgan fingerprint density at radius 2 is 1.79 bits per heavy atom. The minimum absolute atomic E-state index is 0.0178. The van der Waals surface area contributed by atoms with E-state index in [9.17, 15) is 9.90 Å². The summed E-state index contributed by atoms with van der Waals surface area (Å²) in [6, 6.07) is 11.3. The van der Waals surface area contributed by atoms with Gasteiger partial charge in [-0.25, -0.2) is 4.79 Å². The fourth-order valence-corrected chi connectivity index (χ4v) is 1.95. The monoisotopic (exact) mass is 276 g/mol. The summed E-state index contributed by atoms with van der Waals surface area (Å²) in [5, 5.41) is 18.4. The standard InChI is InChI=1S/C14H12O4S/c1-19-13-4-2-11(3-5-13)18-12-7-9(14(16)17)6-10(15)8-12/h2-8,15H,1H3,(H,16,17). The summed E-state index contributed by atoms with van der Waals surface area (Å²) in [5.74, 6) is -0.386. The van der Waals surface area contributed by atoms with E-state index < -0.39 is 5.97 Å². The van der Waals surface area contributed by atoms with Gasteiger partial charge in [-0.15, -0.1) is 11.8 Å². The highest BCUT2D eigenvalue weighted by atomic mass is 32.2. The third kappa shape index (κ3) is 3.42. The van der Waals surface area contributed by atoms with Crippen molar-refractivity contribution >= 4 is 17.7 Å². The second kappa shape index (κ2) is 5.67. The minimum Gasteiger partial charge on any atom is -0.508 e. The molecule has 0 aliphatic heterocycles. The molecule has 5 heteroatoms. The van der Waals surface area contributed by atoms with E-state index in [0.717, 1.165) is 4.90 Å². The number of phenolic OH excluding ortho intramolecular Hbond substituents is 1. The number of rotatable bonds is 4. The van der Waals surface area contributed by atoms with Gasteiger partial charge in [-0.05, 0) is 42.7 Å². The van der Waals surface area contributed by atoms with Crippen molar-refractivity contribution < 1.29 is 19.7 Å². The van der Waals surface area contributed by atoms with Crippen molar-refractivity contribution in [1.82, 2.24) is 0 Å². The quantitative estimate of drug-likeness (QED) is 0.835. The van der Waals surface area contributed by atoms with Crippen molar-refractivity contribution in [2.24, 2.45) is 0 Å². The summed E-state index contributed by atoms with van der Waals surface area (Å²) in [6.45, 7) is 0. The van der Waals surface area contributed by atoms with E-state index in [0.29, 0.717) is 5.75 Å². The predicted molar refractivity (Wildman–Crippen MR) is 73.4 cm³/mol. The van der Waals surface area contributed by atoms with Crippen LogP contribution in [0.15, 0.2) is 47.4 Å². The van der Waals surface area contributed by atoms with Crippen LogP contribution in [0.2, 0.25) is 0 Å². The molecule has 0 unspecified atom stereocenters. The molecule has 2 N–H and O–H groups in total. The van der Waals surface area contributed by atoms with Crippen LogP contribution in [0.25, 0.3) is 0 Å². The van der Waals surface area contributed by atoms with Crippen molar-refractivity contribution in [3.05, 3.63) is 48.0 Å². The van der Waals surface area contributed by atoms with E-state index in [4.69, 9.17) is 9.84 Å². The number of carbonyl (C=O) groups is 1. The Kier molecular flexibility index (Phi) is 3.97. The lowest BCUT2D eigenvalue weighted by molar-refractivity contribution is 0.0696. The lowest BCUT2D eigenvalue weighted by Crippen LogP contribution is -1.96. The molecule has 0 amide bonds. The van der Waals surface area contributed by atoms with Gasteiger partial charge in [0.15, 0.2) is 0 Å². The molecule has 0 atom stereocenters. The van der Waals surface area contributed by atoms with E-state index in [1.807, 2.05) is 18.4 Å². The Morgan fingerprint density at radius 1 is 1.11 bits per heavy atom. The van der Waals surface area contributed by atoms with E-state index >= 15 is 0 Å². The number of hydrogen-bond donors (Lipinski definition) is 2. The van der Waals surface area contributed by atoms with Crippen LogP contribution in [-0.2, 0) is 0 Å². The average molecular weight is 276 g/mol. The van der Waals surface area contributed by atoms with Crippen molar-refractivity contribution in [3.8, 4) is 17.2 Å². The normalized spacial score (nSPS) is 10.2. The molecule has 98 valence electrons. The highest BCUT2D eigenvalue weighted by molar-refractivity contribution is 7.98. The summed E-state index contributed by atoms with van der Waals surface area (Å²) in [6.07, 6.45) is 1.98. The summed E-state index contributed by atoms with van der Waals surface area (Å²) in [4.78, 5) is 12.0. The third-order valence-corrected chi connectivity index (χ3v) is 3.18. The Balaban J connectivity index is 2.24. The van der Waals surface area contributed by atoms with Crippen LogP contribution in [0.3, 0.4) is 0 Å². The van der Waals surface area contributed by atoms with Gasteiger partial charge in [-0.1, -0.05) is 0 Å². The van der Waals surface area contributed by atoms with Gasteiger partial charge in [-0.3, -0.25) is 0 Å². The van der Waals surface area contributed by atoms with E-state index in [2.05, 4.69) is 0 Å². The zero-order valence-electron chi connectivity index (χ0n) is 10.2. The van der Waals surface area contributed by atoms with Crippen molar-refractivity contribution in [3.63, 3.8) is 0 Å². The maximum absolute atomic E-state index is 10.9. The summed E-state index contributed by atoms with van der Waals surface area (Å²) in [5.41, 5.74) is -0.0178. The van der Waals surface area contributed by atoms with Gasteiger partial charge >= 0.3 is 5.97 Å². The smallest absolute Gasteiger partial charge is 0.335 e. The highest BCUT2D eigenvalue weighted by Gasteiger charge is 2.08. The van der Waals surface area contributed by atoms with Crippen LogP contribution in [0.1, 0.15) is 10.4 Å². The zero-order chi connectivity index (χ0) is 13.8. The molecule has 0 aromatic heterocycles. The van der Waals surface area contributed by atoms with Gasteiger partial charge in [0.05, 0.1) is 5.56 Å². The summed E-state index contributed by atoms with van der Waals surface area (Å²) >= 11 is 1.62. The molecule has 2 aromatic rings. The first-order chi connectivity index (χ1) is 9.08. The first-order valence-corrected chi connectivity index (χ1v) is 6.70. The number of carboxylic acids is 1. The SMILES string of the molecule is CSc1ccc(Oc2cc(O)cc(C(=O)O)c2)cc1. The van der Waals surface area contributed by atoms with Crippen LogP contribution in [0, 0.1) is 0 Å². The van der Waals surface area contributed by atoms with Gasteiger partial charge in [0.1, 0.15) is 17.2 Å². The topological polar surface area (TPSA) is 66.8 Å². The van der Waals surface area contributed by atoms with Crippen LogP contribution >= 0.6 is 11.8 Å². The molecule has 0 radical (unpaired) electrons.